The summed E-state index contributed by atoms with van der Waals surface area (Å²) in [7, 11) is -1.21. The van der Waals surface area contributed by atoms with Crippen molar-refractivity contribution in [2.24, 2.45) is 5.10 Å². The number of ether oxygens (including phenoxy) is 4. The molecule has 0 bridgehead atoms. The van der Waals surface area contributed by atoms with Crippen molar-refractivity contribution in [1.82, 2.24) is 15.0 Å². The summed E-state index contributed by atoms with van der Waals surface area (Å²) in [6, 6.07) is 20.5. The molecule has 1 aliphatic rings. The maximum Gasteiger partial charge on any atom is 0.258 e. The number of hydrazone groups is 1. The summed E-state index contributed by atoms with van der Waals surface area (Å²) in [5.74, 6) is 0.291. The van der Waals surface area contributed by atoms with Crippen LogP contribution in [-0.2, 0) is 30.8 Å². The van der Waals surface area contributed by atoms with Gasteiger partial charge in [-0.1, -0.05) is 30.3 Å². The first-order chi connectivity index (χ1) is 21.8. The van der Waals surface area contributed by atoms with E-state index >= 15 is 0 Å². The number of sulfonamides is 1. The highest BCUT2D eigenvalue weighted by molar-refractivity contribution is 7.89. The molecule has 0 spiro atoms. The molecule has 1 heterocycles. The molecule has 1 saturated heterocycles. The van der Waals surface area contributed by atoms with Gasteiger partial charge in [-0.2, -0.15) is 9.41 Å². The Morgan fingerprint density at radius 2 is 1.76 bits per heavy atom. The largest absolute Gasteiger partial charge is 0.493 e. The third-order valence-electron chi connectivity index (χ3n) is 7.01. The lowest BCUT2D eigenvalue weighted by atomic mass is 10.1. The first-order valence-corrected chi connectivity index (χ1v) is 15.9. The van der Waals surface area contributed by atoms with Gasteiger partial charge in [0.05, 0.1) is 38.0 Å². The quantitative estimate of drug-likeness (QED) is 0.180. The highest BCUT2D eigenvalue weighted by atomic mass is 32.2. The minimum atomic E-state index is -4.09. The molecular weight excluding hydrogens is 600 g/mol. The van der Waals surface area contributed by atoms with E-state index < -0.39 is 22.5 Å². The Bertz CT molecular complexity index is 1540. The molecule has 1 atom stereocenters. The molecule has 0 radical (unpaired) electrons. The third kappa shape index (κ3) is 10.0. The van der Waals surface area contributed by atoms with Gasteiger partial charge in [0.1, 0.15) is 5.75 Å². The van der Waals surface area contributed by atoms with Crippen LogP contribution < -0.4 is 25.0 Å². The fraction of sp³-hybridized carbons (Fsp3) is 0.344. The molecule has 240 valence electrons. The van der Waals surface area contributed by atoms with Crippen molar-refractivity contribution in [2.75, 3.05) is 47.1 Å². The number of rotatable bonds is 16. The van der Waals surface area contributed by atoms with Gasteiger partial charge in [0.15, 0.2) is 18.1 Å². The second-order valence-electron chi connectivity index (χ2n) is 10.2. The molecule has 1 aliphatic heterocycles. The van der Waals surface area contributed by atoms with Crippen molar-refractivity contribution in [2.45, 2.75) is 30.3 Å². The van der Waals surface area contributed by atoms with Crippen molar-refractivity contribution in [3.05, 3.63) is 83.9 Å². The third-order valence-corrected chi connectivity index (χ3v) is 8.85. The summed E-state index contributed by atoms with van der Waals surface area (Å²) >= 11 is 0. The molecule has 3 aromatic carbocycles. The molecule has 2 amide bonds. The Morgan fingerprint density at radius 3 is 2.44 bits per heavy atom. The number of nitrogens with zero attached hydrogens (tertiary/aromatic N) is 2. The fourth-order valence-corrected chi connectivity index (χ4v) is 5.98. The van der Waals surface area contributed by atoms with Gasteiger partial charge in [-0.25, -0.2) is 13.8 Å². The molecule has 45 heavy (non-hydrogen) atoms. The normalized spacial score (nSPS) is 14.8. The van der Waals surface area contributed by atoms with E-state index in [2.05, 4.69) is 15.8 Å². The number of nitrogens with one attached hydrogen (secondary N) is 2. The van der Waals surface area contributed by atoms with Gasteiger partial charge in [0, 0.05) is 25.8 Å². The van der Waals surface area contributed by atoms with Gasteiger partial charge in [0.25, 0.3) is 11.8 Å². The Balaban J connectivity index is 1.33. The number of hydrogen-bond acceptors (Lipinski definition) is 9. The predicted octanol–water partition coefficient (Wildman–Crippen LogP) is 2.76. The summed E-state index contributed by atoms with van der Waals surface area (Å²) in [6.45, 7) is 0.680. The zero-order valence-corrected chi connectivity index (χ0v) is 26.1. The maximum absolute atomic E-state index is 13.6. The lowest BCUT2D eigenvalue weighted by molar-refractivity contribution is -0.123. The Kier molecular flexibility index (Phi) is 12.3. The van der Waals surface area contributed by atoms with Gasteiger partial charge in [0.2, 0.25) is 10.0 Å². The summed E-state index contributed by atoms with van der Waals surface area (Å²) in [4.78, 5) is 24.8. The van der Waals surface area contributed by atoms with E-state index in [4.69, 9.17) is 18.9 Å². The monoisotopic (exact) mass is 638 g/mol. The number of carbonyl (C=O) groups excluding carboxylic acids is 2. The molecular formula is C32H38N4O8S. The molecule has 1 fully saturated rings. The van der Waals surface area contributed by atoms with Gasteiger partial charge in [-0.05, 0) is 66.8 Å². The Labute approximate surface area is 263 Å². The van der Waals surface area contributed by atoms with Gasteiger partial charge in [-0.3, -0.25) is 9.59 Å². The second-order valence-corrected chi connectivity index (χ2v) is 12.1. The highest BCUT2D eigenvalue weighted by Gasteiger charge is 2.28. The second kappa shape index (κ2) is 16.6. The first kappa shape index (κ1) is 33.4. The summed E-state index contributed by atoms with van der Waals surface area (Å²) in [5, 5.41) is 6.78. The van der Waals surface area contributed by atoms with E-state index in [1.54, 1.807) is 24.3 Å². The average molecular weight is 639 g/mol. The van der Waals surface area contributed by atoms with Gasteiger partial charge in [-0.15, -0.1) is 0 Å². The van der Waals surface area contributed by atoms with E-state index in [9.17, 15) is 18.0 Å². The maximum atomic E-state index is 13.6. The van der Waals surface area contributed by atoms with E-state index in [0.717, 1.165) is 29.3 Å². The van der Waals surface area contributed by atoms with Crippen LogP contribution in [0.5, 0.6) is 17.2 Å². The fourth-order valence-electron chi connectivity index (χ4n) is 4.57. The van der Waals surface area contributed by atoms with Crippen molar-refractivity contribution >= 4 is 28.1 Å². The van der Waals surface area contributed by atoms with Gasteiger partial charge >= 0.3 is 0 Å². The van der Waals surface area contributed by atoms with Gasteiger partial charge < -0.3 is 24.3 Å². The van der Waals surface area contributed by atoms with Crippen LogP contribution in [0.1, 0.15) is 24.0 Å². The van der Waals surface area contributed by atoms with Crippen molar-refractivity contribution < 1.29 is 37.0 Å². The summed E-state index contributed by atoms with van der Waals surface area (Å²) < 4.78 is 49.9. The van der Waals surface area contributed by atoms with Crippen LogP contribution in [-0.4, -0.2) is 83.9 Å². The van der Waals surface area contributed by atoms with Crippen molar-refractivity contribution in [3.63, 3.8) is 0 Å². The molecule has 13 heteroatoms. The van der Waals surface area contributed by atoms with Crippen molar-refractivity contribution in [1.29, 1.82) is 0 Å². The number of amides is 2. The molecule has 4 rings (SSSR count). The van der Waals surface area contributed by atoms with Crippen LogP contribution in [0.3, 0.4) is 0 Å². The molecule has 3 aromatic rings. The predicted molar refractivity (Wildman–Crippen MR) is 168 cm³/mol. The van der Waals surface area contributed by atoms with Crippen LogP contribution >= 0.6 is 0 Å². The van der Waals surface area contributed by atoms with Crippen molar-refractivity contribution in [3.8, 4) is 17.2 Å². The topological polar surface area (TPSA) is 145 Å². The summed E-state index contributed by atoms with van der Waals surface area (Å²) in [5.41, 5.74) is 3.98. The minimum absolute atomic E-state index is 0.0351. The minimum Gasteiger partial charge on any atom is -0.493 e. The van der Waals surface area contributed by atoms with Crippen LogP contribution in [0.25, 0.3) is 0 Å². The first-order valence-electron chi connectivity index (χ1n) is 14.5. The summed E-state index contributed by atoms with van der Waals surface area (Å²) in [6.07, 6.45) is 3.83. The van der Waals surface area contributed by atoms with E-state index in [0.29, 0.717) is 30.0 Å². The van der Waals surface area contributed by atoms with Crippen LogP contribution in [0.4, 0.5) is 0 Å². The SMILES string of the molecule is COc1ccc(S(=O)(=O)N(CCc2ccccc2)CC(=O)N/N=C/c2ccc(OCC(=O)NC[C@@H]3CCCO3)cc2)cc1OC. The van der Waals surface area contributed by atoms with Crippen LogP contribution in [0.15, 0.2) is 82.8 Å². The number of carbonyl (C=O) groups is 2. The number of benzene rings is 3. The number of hydrogen-bond donors (Lipinski definition) is 2. The standard InChI is InChI=1S/C32H38N4O8S/c1-41-29-15-14-28(19-30(29)42-2)45(39,40)36(17-16-24-7-4-3-5-8-24)22-31(37)35-34-20-25-10-12-26(13-11-25)44-23-32(38)33-21-27-9-6-18-43-27/h3-5,7-8,10-15,19-20,27H,6,9,16-18,21-23H2,1-2H3,(H,33,38)(H,35,37)/b34-20+/t27-/m0/s1. The zero-order chi connectivity index (χ0) is 32.1. The Hall–Kier alpha value is -4.46. The molecule has 0 saturated carbocycles. The molecule has 2 N–H and O–H groups in total. The molecule has 0 aliphatic carbocycles. The average Bonchev–Trinajstić information content (AvgIpc) is 3.59. The van der Waals surface area contributed by atoms with Crippen LogP contribution in [0.2, 0.25) is 0 Å². The van der Waals surface area contributed by atoms with E-state index in [1.165, 1.54) is 38.6 Å². The van der Waals surface area contributed by atoms with E-state index in [1.807, 2.05) is 30.3 Å². The lowest BCUT2D eigenvalue weighted by Crippen LogP contribution is -2.40. The lowest BCUT2D eigenvalue weighted by Gasteiger charge is -2.22. The molecule has 12 nitrogen and oxygen atoms in total. The number of methoxy groups -OCH3 is 2. The van der Waals surface area contributed by atoms with Crippen LogP contribution in [0, 0.1) is 0 Å². The molecule has 0 aromatic heterocycles. The smallest absolute Gasteiger partial charge is 0.258 e. The Morgan fingerprint density at radius 1 is 1.00 bits per heavy atom. The highest BCUT2D eigenvalue weighted by Crippen LogP contribution is 2.30. The zero-order valence-electron chi connectivity index (χ0n) is 25.3. The molecule has 0 unspecified atom stereocenters. The van der Waals surface area contributed by atoms with E-state index in [-0.39, 0.29) is 35.8 Å².